The molecule has 0 aliphatic carbocycles. The summed E-state index contributed by atoms with van der Waals surface area (Å²) in [5, 5.41) is 4.25. The van der Waals surface area contributed by atoms with Gasteiger partial charge in [-0.3, -0.25) is 9.48 Å². The van der Waals surface area contributed by atoms with Crippen LogP contribution in [0.15, 0.2) is 30.6 Å². The molecule has 1 fully saturated rings. The third kappa shape index (κ3) is 4.00. The van der Waals surface area contributed by atoms with Gasteiger partial charge in [0.2, 0.25) is 5.91 Å². The predicted molar refractivity (Wildman–Crippen MR) is 98.5 cm³/mol. The molecule has 3 heterocycles. The number of hydrogen-bond acceptors (Lipinski definition) is 4. The van der Waals surface area contributed by atoms with Gasteiger partial charge in [-0.1, -0.05) is 6.07 Å². The van der Waals surface area contributed by atoms with Crippen LogP contribution in [0.5, 0.6) is 0 Å². The van der Waals surface area contributed by atoms with E-state index in [4.69, 9.17) is 0 Å². The molecule has 0 N–H and O–H groups in total. The monoisotopic (exact) mass is 341 g/mol. The Labute approximate surface area is 149 Å². The van der Waals surface area contributed by atoms with Crippen molar-refractivity contribution in [2.24, 2.45) is 7.05 Å². The number of aryl methyl sites for hydroxylation is 2. The molecule has 1 aliphatic rings. The van der Waals surface area contributed by atoms with Gasteiger partial charge in [0.25, 0.3) is 0 Å². The van der Waals surface area contributed by atoms with Crippen LogP contribution in [-0.4, -0.2) is 51.8 Å². The third-order valence-corrected chi connectivity index (χ3v) is 5.26. The molecule has 6 nitrogen and oxygen atoms in total. The Morgan fingerprint density at radius 3 is 2.92 bits per heavy atom. The van der Waals surface area contributed by atoms with E-state index in [2.05, 4.69) is 15.0 Å². The molecule has 0 aromatic carbocycles. The largest absolute Gasteiger partial charge is 0.355 e. The summed E-state index contributed by atoms with van der Waals surface area (Å²) in [7, 11) is 3.87. The number of pyridine rings is 1. The summed E-state index contributed by atoms with van der Waals surface area (Å²) in [6.45, 7) is 3.90. The fourth-order valence-corrected chi connectivity index (χ4v) is 3.43. The number of piperidine rings is 1. The van der Waals surface area contributed by atoms with E-state index in [-0.39, 0.29) is 11.9 Å². The Balaban J connectivity index is 1.57. The Kier molecular flexibility index (Phi) is 5.36. The number of carbonyl (C=O) groups is 1. The molecule has 2 aromatic heterocycles. The average Bonchev–Trinajstić information content (AvgIpc) is 2.98. The Morgan fingerprint density at radius 2 is 2.24 bits per heavy atom. The highest BCUT2D eigenvalue weighted by Gasteiger charge is 2.26. The van der Waals surface area contributed by atoms with Crippen molar-refractivity contribution in [1.29, 1.82) is 0 Å². The first kappa shape index (κ1) is 17.5. The molecule has 0 unspecified atom stereocenters. The lowest BCUT2D eigenvalue weighted by Gasteiger charge is -2.38. The van der Waals surface area contributed by atoms with Crippen molar-refractivity contribution < 1.29 is 4.79 Å². The van der Waals surface area contributed by atoms with Crippen molar-refractivity contribution in [2.45, 2.75) is 38.6 Å². The minimum absolute atomic E-state index is 0.205. The lowest BCUT2D eigenvalue weighted by Crippen LogP contribution is -2.48. The van der Waals surface area contributed by atoms with Crippen molar-refractivity contribution >= 4 is 11.7 Å². The quantitative estimate of drug-likeness (QED) is 0.836. The molecule has 1 atom stereocenters. The van der Waals surface area contributed by atoms with Crippen molar-refractivity contribution in [3.8, 4) is 0 Å². The summed E-state index contributed by atoms with van der Waals surface area (Å²) in [6.07, 6.45) is 7.11. The Morgan fingerprint density at radius 1 is 1.40 bits per heavy atom. The second kappa shape index (κ2) is 7.68. The van der Waals surface area contributed by atoms with E-state index >= 15 is 0 Å². The van der Waals surface area contributed by atoms with Crippen molar-refractivity contribution in [2.75, 3.05) is 25.0 Å². The van der Waals surface area contributed by atoms with Crippen LogP contribution in [0.1, 0.15) is 30.5 Å². The molecular weight excluding hydrogens is 314 g/mol. The molecule has 6 heteroatoms. The number of likely N-dealkylation sites (N-methyl/N-ethyl adjacent to an activating group) is 1. The van der Waals surface area contributed by atoms with Gasteiger partial charge in [0, 0.05) is 51.5 Å². The molecule has 134 valence electrons. The van der Waals surface area contributed by atoms with E-state index in [1.807, 2.05) is 61.2 Å². The molecule has 1 saturated heterocycles. The fourth-order valence-electron chi connectivity index (χ4n) is 3.43. The number of carbonyl (C=O) groups excluding carboxylic acids is 1. The van der Waals surface area contributed by atoms with Crippen molar-refractivity contribution in [3.05, 3.63) is 41.9 Å². The topological polar surface area (TPSA) is 54.3 Å². The number of amides is 1. The second-order valence-corrected chi connectivity index (χ2v) is 6.81. The zero-order chi connectivity index (χ0) is 17.8. The van der Waals surface area contributed by atoms with Crippen LogP contribution in [0, 0.1) is 6.92 Å². The van der Waals surface area contributed by atoms with Gasteiger partial charge in [0.15, 0.2) is 0 Å². The normalized spacial score (nSPS) is 17.6. The maximum atomic E-state index is 12.6. The molecule has 1 aliphatic heterocycles. The average molecular weight is 341 g/mol. The molecule has 2 aromatic rings. The standard InChI is InChI=1S/C19H27N5O/c1-15-16(13-21-23(15)3)9-10-19(25)22(2)17-7-6-12-24(14-17)18-8-4-5-11-20-18/h4-5,8,11,13,17H,6-7,9-10,12,14H2,1-3H3/t17-/m1/s1. The molecular formula is C19H27N5O. The summed E-state index contributed by atoms with van der Waals surface area (Å²) in [6, 6.07) is 6.23. The van der Waals surface area contributed by atoms with E-state index in [9.17, 15) is 4.79 Å². The van der Waals surface area contributed by atoms with Crippen LogP contribution in [-0.2, 0) is 18.3 Å². The fraction of sp³-hybridized carbons (Fsp3) is 0.526. The summed E-state index contributed by atoms with van der Waals surface area (Å²) >= 11 is 0. The highest BCUT2D eigenvalue weighted by Crippen LogP contribution is 2.21. The molecule has 0 bridgehead atoms. The summed E-state index contributed by atoms with van der Waals surface area (Å²) in [5.41, 5.74) is 2.29. The second-order valence-electron chi connectivity index (χ2n) is 6.81. The summed E-state index contributed by atoms with van der Waals surface area (Å²) < 4.78 is 1.86. The highest BCUT2D eigenvalue weighted by atomic mass is 16.2. The van der Waals surface area contributed by atoms with Gasteiger partial charge in [-0.2, -0.15) is 5.10 Å². The first-order valence-electron chi connectivity index (χ1n) is 8.95. The Hall–Kier alpha value is -2.37. The number of nitrogens with zero attached hydrogens (tertiary/aromatic N) is 5. The highest BCUT2D eigenvalue weighted by molar-refractivity contribution is 5.76. The predicted octanol–water partition coefficient (Wildman–Crippen LogP) is 2.18. The third-order valence-electron chi connectivity index (χ3n) is 5.26. The first-order valence-corrected chi connectivity index (χ1v) is 8.95. The van der Waals surface area contributed by atoms with Crippen molar-refractivity contribution in [3.63, 3.8) is 0 Å². The first-order chi connectivity index (χ1) is 12.1. The van der Waals surface area contributed by atoms with Gasteiger partial charge >= 0.3 is 0 Å². The van der Waals surface area contributed by atoms with Crippen molar-refractivity contribution in [1.82, 2.24) is 19.7 Å². The molecule has 0 saturated carbocycles. The van der Waals surface area contributed by atoms with Crippen LogP contribution in [0.25, 0.3) is 0 Å². The Bertz CT molecular complexity index is 712. The summed E-state index contributed by atoms with van der Waals surface area (Å²) in [5.74, 6) is 1.20. The van der Waals surface area contributed by atoms with Crippen LogP contribution in [0.2, 0.25) is 0 Å². The van der Waals surface area contributed by atoms with E-state index in [1.165, 1.54) is 0 Å². The van der Waals surface area contributed by atoms with Gasteiger partial charge in [-0.15, -0.1) is 0 Å². The van der Waals surface area contributed by atoms with E-state index in [1.54, 1.807) is 0 Å². The minimum atomic E-state index is 0.205. The lowest BCUT2D eigenvalue weighted by atomic mass is 10.0. The smallest absolute Gasteiger partial charge is 0.222 e. The molecule has 25 heavy (non-hydrogen) atoms. The number of hydrogen-bond donors (Lipinski definition) is 0. The van der Waals surface area contributed by atoms with Gasteiger partial charge in [-0.25, -0.2) is 4.98 Å². The van der Waals surface area contributed by atoms with E-state index in [0.717, 1.165) is 49.4 Å². The molecule has 0 radical (unpaired) electrons. The van der Waals surface area contributed by atoms with Crippen LogP contribution in [0.3, 0.4) is 0 Å². The SMILES string of the molecule is Cc1c(CCC(=O)N(C)[C@@H]2CCCN(c3ccccn3)C2)cnn1C. The molecule has 1 amide bonds. The number of rotatable bonds is 5. The number of anilines is 1. The van der Waals surface area contributed by atoms with Crippen LogP contribution >= 0.6 is 0 Å². The number of aromatic nitrogens is 3. The van der Waals surface area contributed by atoms with Crippen LogP contribution < -0.4 is 4.90 Å². The van der Waals surface area contributed by atoms with Gasteiger partial charge < -0.3 is 9.80 Å². The van der Waals surface area contributed by atoms with Gasteiger partial charge in [-0.05, 0) is 43.9 Å². The van der Waals surface area contributed by atoms with E-state index in [0.29, 0.717) is 6.42 Å². The maximum Gasteiger partial charge on any atom is 0.222 e. The molecule has 0 spiro atoms. The van der Waals surface area contributed by atoms with Crippen LogP contribution in [0.4, 0.5) is 5.82 Å². The molecule has 3 rings (SSSR count). The summed E-state index contributed by atoms with van der Waals surface area (Å²) in [4.78, 5) is 21.3. The van der Waals surface area contributed by atoms with Gasteiger partial charge in [0.1, 0.15) is 5.82 Å². The minimum Gasteiger partial charge on any atom is -0.355 e. The zero-order valence-corrected chi connectivity index (χ0v) is 15.4. The van der Waals surface area contributed by atoms with E-state index < -0.39 is 0 Å². The zero-order valence-electron chi connectivity index (χ0n) is 15.4. The maximum absolute atomic E-state index is 12.6. The van der Waals surface area contributed by atoms with Gasteiger partial charge in [0.05, 0.1) is 6.20 Å². The lowest BCUT2D eigenvalue weighted by molar-refractivity contribution is -0.132.